The Morgan fingerprint density at radius 2 is 2.00 bits per heavy atom. The zero-order valence-corrected chi connectivity index (χ0v) is 14.0. The summed E-state index contributed by atoms with van der Waals surface area (Å²) in [5, 5.41) is 4.13. The molecule has 4 heteroatoms. The normalized spacial score (nSPS) is 12.8. The second-order valence-corrected chi connectivity index (χ2v) is 5.96. The minimum atomic E-state index is 0.457. The lowest BCUT2D eigenvalue weighted by molar-refractivity contribution is 0.199. The van der Waals surface area contributed by atoms with E-state index in [1.807, 2.05) is 6.07 Å². The van der Waals surface area contributed by atoms with Crippen molar-refractivity contribution in [1.82, 2.24) is 5.32 Å². The molecule has 114 valence electrons. The molecule has 0 fully saturated rings. The Bertz CT molecular complexity index is 409. The summed E-state index contributed by atoms with van der Waals surface area (Å²) < 4.78 is 5.01. The zero-order chi connectivity index (χ0) is 15.1. The van der Waals surface area contributed by atoms with Crippen molar-refractivity contribution >= 4 is 17.3 Å². The summed E-state index contributed by atoms with van der Waals surface area (Å²) in [6, 6.07) is 6.73. The molecule has 3 nitrogen and oxygen atoms in total. The van der Waals surface area contributed by atoms with E-state index < -0.39 is 0 Å². The Hall–Kier alpha value is -0.770. The molecule has 0 saturated heterocycles. The summed E-state index contributed by atoms with van der Waals surface area (Å²) in [4.78, 5) is 2.25. The highest BCUT2D eigenvalue weighted by molar-refractivity contribution is 6.33. The molecule has 20 heavy (non-hydrogen) atoms. The predicted molar refractivity (Wildman–Crippen MR) is 87.7 cm³/mol. The van der Waals surface area contributed by atoms with Crippen LogP contribution in [0.25, 0.3) is 0 Å². The Kier molecular flexibility index (Phi) is 7.35. The maximum Gasteiger partial charge on any atom is 0.0642 e. The Morgan fingerprint density at radius 3 is 2.55 bits per heavy atom. The number of hydrogen-bond acceptors (Lipinski definition) is 3. The van der Waals surface area contributed by atoms with E-state index in [0.29, 0.717) is 12.0 Å². The third-order valence-corrected chi connectivity index (χ3v) is 4.08. The smallest absolute Gasteiger partial charge is 0.0642 e. The molecule has 1 N–H and O–H groups in total. The Morgan fingerprint density at radius 1 is 1.30 bits per heavy atom. The first-order valence-electron chi connectivity index (χ1n) is 7.18. The van der Waals surface area contributed by atoms with Gasteiger partial charge in [-0.1, -0.05) is 31.5 Å². The van der Waals surface area contributed by atoms with Crippen LogP contribution in [0.15, 0.2) is 18.2 Å². The Labute approximate surface area is 128 Å². The van der Waals surface area contributed by atoms with Crippen LogP contribution < -0.4 is 10.2 Å². The van der Waals surface area contributed by atoms with Gasteiger partial charge in [0.1, 0.15) is 0 Å². The van der Waals surface area contributed by atoms with Crippen molar-refractivity contribution in [3.63, 3.8) is 0 Å². The van der Waals surface area contributed by atoms with Crippen LogP contribution in [0.5, 0.6) is 0 Å². The third kappa shape index (κ3) is 4.97. The molecular weight excluding hydrogens is 272 g/mol. The molecule has 0 aliphatic carbocycles. The molecule has 0 aromatic heterocycles. The van der Waals surface area contributed by atoms with Gasteiger partial charge in [0.2, 0.25) is 0 Å². The topological polar surface area (TPSA) is 24.5 Å². The largest absolute Gasteiger partial charge is 0.383 e. The van der Waals surface area contributed by atoms with Crippen molar-refractivity contribution in [3.8, 4) is 0 Å². The van der Waals surface area contributed by atoms with E-state index in [4.69, 9.17) is 16.3 Å². The predicted octanol–water partition coefficient (Wildman–Crippen LogP) is 3.56. The number of nitrogens with zero attached hydrogens (tertiary/aromatic N) is 1. The standard InChI is InChI=1S/C16H27ClN2O/c1-12(2)13(3)19(4)16-7-6-14(10-15(16)17)11-18-8-9-20-5/h6-7,10,12-13,18H,8-9,11H2,1-5H3. The number of rotatable bonds is 8. The quantitative estimate of drug-likeness (QED) is 0.743. The van der Waals surface area contributed by atoms with Gasteiger partial charge in [-0.15, -0.1) is 0 Å². The van der Waals surface area contributed by atoms with Gasteiger partial charge < -0.3 is 15.0 Å². The second-order valence-electron chi connectivity index (χ2n) is 5.55. The zero-order valence-electron chi connectivity index (χ0n) is 13.2. The van der Waals surface area contributed by atoms with Crippen molar-refractivity contribution in [2.75, 3.05) is 32.2 Å². The summed E-state index contributed by atoms with van der Waals surface area (Å²) in [7, 11) is 3.81. The average Bonchev–Trinajstić information content (AvgIpc) is 2.42. The minimum Gasteiger partial charge on any atom is -0.383 e. The van der Waals surface area contributed by atoms with Crippen molar-refractivity contribution in [2.45, 2.75) is 33.4 Å². The number of halogens is 1. The molecule has 0 spiro atoms. The monoisotopic (exact) mass is 298 g/mol. The number of anilines is 1. The number of ether oxygens (including phenoxy) is 1. The van der Waals surface area contributed by atoms with Crippen LogP contribution in [0.2, 0.25) is 5.02 Å². The first-order valence-corrected chi connectivity index (χ1v) is 7.56. The molecule has 1 unspecified atom stereocenters. The van der Waals surface area contributed by atoms with Gasteiger partial charge >= 0.3 is 0 Å². The summed E-state index contributed by atoms with van der Waals surface area (Å²) in [5.41, 5.74) is 2.29. The summed E-state index contributed by atoms with van der Waals surface area (Å²) >= 11 is 6.42. The first kappa shape index (κ1) is 17.3. The van der Waals surface area contributed by atoms with E-state index in [9.17, 15) is 0 Å². The fraction of sp³-hybridized carbons (Fsp3) is 0.625. The summed E-state index contributed by atoms with van der Waals surface area (Å²) in [6.45, 7) is 9.06. The van der Waals surface area contributed by atoms with Crippen LogP contribution >= 0.6 is 11.6 Å². The highest BCUT2D eigenvalue weighted by atomic mass is 35.5. The molecule has 0 aliphatic rings. The van der Waals surface area contributed by atoms with Crippen molar-refractivity contribution in [2.24, 2.45) is 5.92 Å². The molecule has 0 bridgehead atoms. The van der Waals surface area contributed by atoms with Gasteiger partial charge in [-0.2, -0.15) is 0 Å². The average molecular weight is 299 g/mol. The van der Waals surface area contributed by atoms with Crippen LogP contribution in [0, 0.1) is 5.92 Å². The number of methoxy groups -OCH3 is 1. The molecule has 1 rings (SSSR count). The Balaban J connectivity index is 2.68. The van der Waals surface area contributed by atoms with E-state index in [2.05, 4.69) is 50.2 Å². The van der Waals surface area contributed by atoms with Gasteiger partial charge in [0.05, 0.1) is 17.3 Å². The highest BCUT2D eigenvalue weighted by Crippen LogP contribution is 2.28. The van der Waals surface area contributed by atoms with Crippen molar-refractivity contribution in [1.29, 1.82) is 0 Å². The molecule has 0 aliphatic heterocycles. The van der Waals surface area contributed by atoms with Crippen LogP contribution in [-0.4, -0.2) is 33.4 Å². The van der Waals surface area contributed by atoms with Gasteiger partial charge in [0.25, 0.3) is 0 Å². The van der Waals surface area contributed by atoms with E-state index in [0.717, 1.165) is 30.4 Å². The maximum absolute atomic E-state index is 6.42. The molecule has 0 saturated carbocycles. The fourth-order valence-electron chi connectivity index (χ4n) is 2.02. The van der Waals surface area contributed by atoms with Crippen LogP contribution in [0.4, 0.5) is 5.69 Å². The lowest BCUT2D eigenvalue weighted by atomic mass is 10.0. The summed E-state index contributed by atoms with van der Waals surface area (Å²) in [5.74, 6) is 0.589. The van der Waals surface area contributed by atoms with Gasteiger partial charge in [0, 0.05) is 33.3 Å². The fourth-order valence-corrected chi connectivity index (χ4v) is 2.36. The van der Waals surface area contributed by atoms with E-state index in [-0.39, 0.29) is 0 Å². The van der Waals surface area contributed by atoms with E-state index in [1.54, 1.807) is 7.11 Å². The molecule has 1 aromatic carbocycles. The molecule has 0 amide bonds. The number of nitrogens with one attached hydrogen (secondary N) is 1. The molecule has 1 aromatic rings. The van der Waals surface area contributed by atoms with Crippen LogP contribution in [-0.2, 0) is 11.3 Å². The minimum absolute atomic E-state index is 0.457. The van der Waals surface area contributed by atoms with Gasteiger partial charge in [0.15, 0.2) is 0 Å². The second kappa shape index (κ2) is 8.50. The third-order valence-electron chi connectivity index (χ3n) is 3.78. The lowest BCUT2D eigenvalue weighted by Crippen LogP contribution is -2.33. The SMILES string of the molecule is COCCNCc1ccc(N(C)C(C)C(C)C)c(Cl)c1. The molecule has 0 radical (unpaired) electrons. The maximum atomic E-state index is 6.42. The van der Waals surface area contributed by atoms with E-state index in [1.165, 1.54) is 5.56 Å². The van der Waals surface area contributed by atoms with Gasteiger partial charge in [-0.3, -0.25) is 0 Å². The van der Waals surface area contributed by atoms with Gasteiger partial charge in [-0.25, -0.2) is 0 Å². The lowest BCUT2D eigenvalue weighted by Gasteiger charge is -2.30. The number of benzene rings is 1. The number of hydrogen-bond donors (Lipinski definition) is 1. The van der Waals surface area contributed by atoms with Crippen molar-refractivity contribution < 1.29 is 4.74 Å². The molecule has 1 atom stereocenters. The van der Waals surface area contributed by atoms with Crippen LogP contribution in [0.1, 0.15) is 26.3 Å². The molecular formula is C16H27ClN2O. The van der Waals surface area contributed by atoms with Gasteiger partial charge in [-0.05, 0) is 30.5 Å². The highest BCUT2D eigenvalue weighted by Gasteiger charge is 2.16. The first-order chi connectivity index (χ1) is 9.47. The summed E-state index contributed by atoms with van der Waals surface area (Å²) in [6.07, 6.45) is 0. The van der Waals surface area contributed by atoms with E-state index >= 15 is 0 Å². The van der Waals surface area contributed by atoms with Crippen LogP contribution in [0.3, 0.4) is 0 Å². The van der Waals surface area contributed by atoms with Crippen molar-refractivity contribution in [3.05, 3.63) is 28.8 Å². The molecule has 0 heterocycles.